The van der Waals surface area contributed by atoms with Crippen LogP contribution in [-0.2, 0) is 6.42 Å². The molecule has 1 saturated heterocycles. The summed E-state index contributed by atoms with van der Waals surface area (Å²) in [6, 6.07) is 11.5. The third-order valence-electron chi connectivity index (χ3n) is 4.39. The highest BCUT2D eigenvalue weighted by molar-refractivity contribution is 14.0. The smallest absolute Gasteiger partial charge is 0.194 e. The predicted molar refractivity (Wildman–Crippen MR) is 126 cm³/mol. The van der Waals surface area contributed by atoms with Crippen molar-refractivity contribution < 1.29 is 5.11 Å². The SMILES string of the molecule is CCNC(=NCCc1ccc(Cl)s1)N1CCN(c2ccccc2O)CC1.I. The predicted octanol–water partition coefficient (Wildman–Crippen LogP) is 4.06. The summed E-state index contributed by atoms with van der Waals surface area (Å²) in [5, 5.41) is 13.4. The van der Waals surface area contributed by atoms with Gasteiger partial charge in [-0.2, -0.15) is 0 Å². The zero-order valence-electron chi connectivity index (χ0n) is 15.4. The van der Waals surface area contributed by atoms with Crippen LogP contribution in [0.15, 0.2) is 41.4 Å². The molecule has 0 atom stereocenters. The molecule has 2 N–H and O–H groups in total. The highest BCUT2D eigenvalue weighted by atomic mass is 127. The molecule has 8 heteroatoms. The number of phenolic OH excluding ortho intramolecular Hbond substituents is 1. The van der Waals surface area contributed by atoms with Gasteiger partial charge in [0.2, 0.25) is 0 Å². The van der Waals surface area contributed by atoms with Crippen LogP contribution < -0.4 is 10.2 Å². The van der Waals surface area contributed by atoms with Crippen molar-refractivity contribution in [3.05, 3.63) is 45.6 Å². The van der Waals surface area contributed by atoms with Crippen LogP contribution in [0.25, 0.3) is 0 Å². The number of nitrogens with zero attached hydrogens (tertiary/aromatic N) is 3. The molecule has 1 aromatic carbocycles. The molecule has 5 nitrogen and oxygen atoms in total. The van der Waals surface area contributed by atoms with Crippen molar-refractivity contribution in [1.29, 1.82) is 0 Å². The van der Waals surface area contributed by atoms with E-state index in [4.69, 9.17) is 16.6 Å². The van der Waals surface area contributed by atoms with Gasteiger partial charge in [-0.15, -0.1) is 35.3 Å². The molecule has 3 rings (SSSR count). The van der Waals surface area contributed by atoms with Crippen molar-refractivity contribution in [2.75, 3.05) is 44.2 Å². The quantitative estimate of drug-likeness (QED) is 0.355. The van der Waals surface area contributed by atoms with Gasteiger partial charge in [-0.3, -0.25) is 4.99 Å². The molecule has 1 aliphatic rings. The lowest BCUT2D eigenvalue weighted by Gasteiger charge is -2.37. The first-order chi connectivity index (χ1) is 12.7. The molecular formula is C19H26ClIN4OS. The number of nitrogens with one attached hydrogen (secondary N) is 1. The molecule has 0 bridgehead atoms. The fourth-order valence-electron chi connectivity index (χ4n) is 3.07. The first-order valence-electron chi connectivity index (χ1n) is 8.98. The normalized spacial score (nSPS) is 14.8. The number of aliphatic imine (C=N–C) groups is 1. The number of anilines is 1. The van der Waals surface area contributed by atoms with E-state index >= 15 is 0 Å². The maximum atomic E-state index is 10.0. The number of hydrogen-bond acceptors (Lipinski definition) is 4. The van der Waals surface area contributed by atoms with Crippen molar-refractivity contribution in [1.82, 2.24) is 10.2 Å². The fraction of sp³-hybridized carbons (Fsp3) is 0.421. The zero-order chi connectivity index (χ0) is 18.4. The molecule has 2 heterocycles. The first-order valence-corrected chi connectivity index (χ1v) is 10.2. The van der Waals surface area contributed by atoms with Crippen LogP contribution in [0, 0.1) is 0 Å². The van der Waals surface area contributed by atoms with Gasteiger partial charge in [0, 0.05) is 50.6 Å². The number of hydrogen-bond donors (Lipinski definition) is 2. The van der Waals surface area contributed by atoms with Crippen LogP contribution in [0.2, 0.25) is 4.34 Å². The Kier molecular flexibility index (Phi) is 8.98. The number of thiophene rings is 1. The third-order valence-corrected chi connectivity index (χ3v) is 5.68. The van der Waals surface area contributed by atoms with Crippen molar-refractivity contribution in [3.63, 3.8) is 0 Å². The van der Waals surface area contributed by atoms with E-state index in [9.17, 15) is 5.11 Å². The summed E-state index contributed by atoms with van der Waals surface area (Å²) in [5.74, 6) is 1.31. The number of phenols is 1. The highest BCUT2D eigenvalue weighted by Gasteiger charge is 2.21. The lowest BCUT2D eigenvalue weighted by molar-refractivity contribution is 0.370. The van der Waals surface area contributed by atoms with Gasteiger partial charge in [-0.1, -0.05) is 23.7 Å². The molecular weight excluding hydrogens is 495 g/mol. The number of aromatic hydroxyl groups is 1. The van der Waals surface area contributed by atoms with Crippen molar-refractivity contribution >= 4 is 58.6 Å². The van der Waals surface area contributed by atoms with Gasteiger partial charge in [0.25, 0.3) is 0 Å². The lowest BCUT2D eigenvalue weighted by Crippen LogP contribution is -2.52. The second-order valence-electron chi connectivity index (χ2n) is 6.15. The van der Waals surface area contributed by atoms with Crippen molar-refractivity contribution in [2.45, 2.75) is 13.3 Å². The molecule has 0 aliphatic carbocycles. The minimum atomic E-state index is 0. The maximum absolute atomic E-state index is 10.0. The Morgan fingerprint density at radius 2 is 1.93 bits per heavy atom. The average Bonchev–Trinajstić information content (AvgIpc) is 3.07. The Balaban J connectivity index is 0.00000261. The summed E-state index contributed by atoms with van der Waals surface area (Å²) in [5.41, 5.74) is 0.906. The lowest BCUT2D eigenvalue weighted by atomic mass is 10.2. The summed E-state index contributed by atoms with van der Waals surface area (Å²) in [6.07, 6.45) is 0.907. The molecule has 0 unspecified atom stereocenters. The summed E-state index contributed by atoms with van der Waals surface area (Å²) >= 11 is 7.61. The summed E-state index contributed by atoms with van der Waals surface area (Å²) < 4.78 is 0.830. The van der Waals surface area contributed by atoms with Crippen LogP contribution in [0.4, 0.5) is 5.69 Å². The Hall–Kier alpha value is -1.19. The van der Waals surface area contributed by atoms with E-state index in [0.717, 1.165) is 61.7 Å². The molecule has 1 aromatic heterocycles. The number of rotatable bonds is 5. The number of para-hydroxylation sites is 2. The fourth-order valence-corrected chi connectivity index (χ4v) is 4.15. The maximum Gasteiger partial charge on any atom is 0.194 e. The molecule has 27 heavy (non-hydrogen) atoms. The molecule has 0 amide bonds. The first kappa shape index (κ1) is 22.1. The average molecular weight is 521 g/mol. The molecule has 1 fully saturated rings. The number of benzene rings is 1. The van der Waals surface area contributed by atoms with E-state index < -0.39 is 0 Å². The number of halogens is 2. The van der Waals surface area contributed by atoms with Gasteiger partial charge in [-0.05, 0) is 31.2 Å². The summed E-state index contributed by atoms with van der Waals surface area (Å²) in [7, 11) is 0. The number of guanidine groups is 1. The summed E-state index contributed by atoms with van der Waals surface area (Å²) in [4.78, 5) is 10.6. The minimum absolute atomic E-state index is 0. The monoisotopic (exact) mass is 520 g/mol. The third kappa shape index (κ3) is 6.15. The zero-order valence-corrected chi connectivity index (χ0v) is 19.3. The van der Waals surface area contributed by atoms with Gasteiger partial charge < -0.3 is 20.2 Å². The highest BCUT2D eigenvalue weighted by Crippen LogP contribution is 2.27. The Morgan fingerprint density at radius 1 is 1.19 bits per heavy atom. The topological polar surface area (TPSA) is 51.1 Å². The van der Waals surface area contributed by atoms with Gasteiger partial charge >= 0.3 is 0 Å². The van der Waals surface area contributed by atoms with E-state index in [0.29, 0.717) is 5.75 Å². The van der Waals surface area contributed by atoms with E-state index in [-0.39, 0.29) is 24.0 Å². The van der Waals surface area contributed by atoms with Crippen LogP contribution >= 0.6 is 46.9 Å². The summed E-state index contributed by atoms with van der Waals surface area (Å²) in [6.45, 7) is 7.18. The number of piperazine rings is 1. The van der Waals surface area contributed by atoms with Crippen LogP contribution in [-0.4, -0.2) is 55.2 Å². The second kappa shape index (κ2) is 11.0. The van der Waals surface area contributed by atoms with Gasteiger partial charge in [-0.25, -0.2) is 0 Å². The molecule has 0 radical (unpaired) electrons. The van der Waals surface area contributed by atoms with Gasteiger partial charge in [0.1, 0.15) is 5.75 Å². The van der Waals surface area contributed by atoms with E-state index in [2.05, 4.69) is 28.1 Å². The van der Waals surface area contributed by atoms with Crippen LogP contribution in [0.1, 0.15) is 11.8 Å². The molecule has 148 valence electrons. The molecule has 0 spiro atoms. The Labute approximate surface area is 187 Å². The van der Waals surface area contributed by atoms with Gasteiger partial charge in [0.15, 0.2) is 5.96 Å². The standard InChI is InChI=1S/C19H25ClN4OS.HI/c1-2-21-19(22-10-9-15-7-8-18(20)26-15)24-13-11-23(12-14-24)16-5-3-4-6-17(16)25;/h3-8,25H,2,9-14H2,1H3,(H,21,22);1H. The molecule has 1 aliphatic heterocycles. The molecule has 0 saturated carbocycles. The van der Waals surface area contributed by atoms with E-state index in [1.165, 1.54) is 4.88 Å². The Bertz CT molecular complexity index is 747. The van der Waals surface area contributed by atoms with E-state index in [1.54, 1.807) is 17.4 Å². The van der Waals surface area contributed by atoms with Crippen LogP contribution in [0.3, 0.4) is 0 Å². The van der Waals surface area contributed by atoms with Gasteiger partial charge in [0.05, 0.1) is 10.0 Å². The molecule has 2 aromatic rings. The van der Waals surface area contributed by atoms with Crippen molar-refractivity contribution in [3.8, 4) is 5.75 Å². The van der Waals surface area contributed by atoms with Crippen molar-refractivity contribution in [2.24, 2.45) is 4.99 Å². The largest absolute Gasteiger partial charge is 0.506 e. The van der Waals surface area contributed by atoms with E-state index in [1.807, 2.05) is 24.3 Å². The Morgan fingerprint density at radius 3 is 2.56 bits per heavy atom. The minimum Gasteiger partial charge on any atom is -0.506 e. The van der Waals surface area contributed by atoms with Crippen LogP contribution in [0.5, 0.6) is 5.75 Å². The second-order valence-corrected chi connectivity index (χ2v) is 7.95.